The van der Waals surface area contributed by atoms with Gasteiger partial charge in [-0.3, -0.25) is 13.9 Å². The predicted molar refractivity (Wildman–Crippen MR) is 140 cm³/mol. The van der Waals surface area contributed by atoms with Crippen molar-refractivity contribution in [2.24, 2.45) is 0 Å². The first-order chi connectivity index (χ1) is 16.7. The van der Waals surface area contributed by atoms with Crippen LogP contribution in [0.15, 0.2) is 54.6 Å². The number of nitrogens with one attached hydrogen (secondary N) is 1. The van der Waals surface area contributed by atoms with Gasteiger partial charge in [-0.15, -0.1) is 0 Å². The normalized spacial score (nSPS) is 15.3. The summed E-state index contributed by atoms with van der Waals surface area (Å²) in [6, 6.07) is 15.1. The first-order valence-corrected chi connectivity index (χ1v) is 14.3. The van der Waals surface area contributed by atoms with Gasteiger partial charge < -0.3 is 10.2 Å². The molecule has 2 aromatic rings. The summed E-state index contributed by atoms with van der Waals surface area (Å²) < 4.78 is 26.3. The van der Waals surface area contributed by atoms with Crippen molar-refractivity contribution < 1.29 is 18.0 Å². The third-order valence-corrected chi connectivity index (χ3v) is 7.72. The fourth-order valence-electron chi connectivity index (χ4n) is 4.46. The molecule has 35 heavy (non-hydrogen) atoms. The molecule has 190 valence electrons. The standard InChI is InChI=1S/C26H34ClN3O4S/c1-3-24(26(32)28-22-12-8-5-9-13-22)29(18-20-10-6-4-7-11-20)25(31)19-30(35(2,33)34)23-16-14-21(27)15-17-23/h4,6-7,10-11,14-17,22,24H,3,5,8-9,12-13,18-19H2,1-2H3,(H,28,32)/t24-/m0/s1. The maximum atomic E-state index is 13.7. The Kier molecular flexibility index (Phi) is 9.57. The Balaban J connectivity index is 1.88. The molecule has 2 amide bonds. The number of amides is 2. The highest BCUT2D eigenvalue weighted by molar-refractivity contribution is 7.92. The molecule has 2 aromatic carbocycles. The Morgan fingerprint density at radius 3 is 2.23 bits per heavy atom. The summed E-state index contributed by atoms with van der Waals surface area (Å²) in [6.45, 7) is 1.65. The maximum Gasteiger partial charge on any atom is 0.244 e. The second-order valence-electron chi connectivity index (χ2n) is 9.02. The highest BCUT2D eigenvalue weighted by Crippen LogP contribution is 2.22. The lowest BCUT2D eigenvalue weighted by Gasteiger charge is -2.34. The van der Waals surface area contributed by atoms with Gasteiger partial charge in [-0.1, -0.05) is 68.1 Å². The van der Waals surface area contributed by atoms with Crippen LogP contribution in [0.1, 0.15) is 51.0 Å². The van der Waals surface area contributed by atoms with Crippen molar-refractivity contribution in [3.63, 3.8) is 0 Å². The van der Waals surface area contributed by atoms with Crippen molar-refractivity contribution in [2.45, 2.75) is 64.1 Å². The molecule has 0 bridgehead atoms. The van der Waals surface area contributed by atoms with Crippen LogP contribution < -0.4 is 9.62 Å². The number of nitrogens with zero attached hydrogens (tertiary/aromatic N) is 2. The van der Waals surface area contributed by atoms with Crippen LogP contribution in [-0.2, 0) is 26.2 Å². The van der Waals surface area contributed by atoms with E-state index in [1.165, 1.54) is 11.3 Å². The molecule has 3 rings (SSSR count). The predicted octanol–water partition coefficient (Wildman–Crippen LogP) is 4.36. The van der Waals surface area contributed by atoms with Crippen LogP contribution in [0.5, 0.6) is 0 Å². The molecule has 1 N–H and O–H groups in total. The molecule has 1 fully saturated rings. The van der Waals surface area contributed by atoms with Gasteiger partial charge in [0.05, 0.1) is 11.9 Å². The Morgan fingerprint density at radius 2 is 1.66 bits per heavy atom. The van der Waals surface area contributed by atoms with E-state index in [1.807, 2.05) is 37.3 Å². The van der Waals surface area contributed by atoms with E-state index in [2.05, 4.69) is 5.32 Å². The van der Waals surface area contributed by atoms with Gasteiger partial charge in [0.2, 0.25) is 21.8 Å². The van der Waals surface area contributed by atoms with E-state index in [0.29, 0.717) is 17.1 Å². The first kappa shape index (κ1) is 27.0. The van der Waals surface area contributed by atoms with Gasteiger partial charge in [0.25, 0.3) is 0 Å². The lowest BCUT2D eigenvalue weighted by molar-refractivity contribution is -0.140. The third kappa shape index (κ3) is 7.70. The quantitative estimate of drug-likeness (QED) is 0.505. The third-order valence-electron chi connectivity index (χ3n) is 6.33. The zero-order valence-electron chi connectivity index (χ0n) is 20.3. The van der Waals surface area contributed by atoms with Gasteiger partial charge in [0.1, 0.15) is 12.6 Å². The molecule has 0 saturated heterocycles. The van der Waals surface area contributed by atoms with Crippen LogP contribution in [0.2, 0.25) is 5.02 Å². The number of hydrogen-bond donors (Lipinski definition) is 1. The van der Waals surface area contributed by atoms with Gasteiger partial charge in [-0.05, 0) is 49.1 Å². The van der Waals surface area contributed by atoms with Gasteiger partial charge in [0.15, 0.2) is 0 Å². The molecule has 7 nitrogen and oxygen atoms in total. The van der Waals surface area contributed by atoms with Crippen LogP contribution >= 0.6 is 11.6 Å². The van der Waals surface area contributed by atoms with E-state index in [1.54, 1.807) is 24.3 Å². The number of sulfonamides is 1. The van der Waals surface area contributed by atoms with Crippen molar-refractivity contribution in [2.75, 3.05) is 17.1 Å². The molecule has 1 saturated carbocycles. The highest BCUT2D eigenvalue weighted by atomic mass is 35.5. The number of halogens is 1. The van der Waals surface area contributed by atoms with Crippen LogP contribution in [0.4, 0.5) is 5.69 Å². The zero-order valence-corrected chi connectivity index (χ0v) is 21.9. The molecule has 0 spiro atoms. The van der Waals surface area contributed by atoms with Crippen molar-refractivity contribution in [3.8, 4) is 0 Å². The first-order valence-electron chi connectivity index (χ1n) is 12.1. The van der Waals surface area contributed by atoms with Crippen LogP contribution in [0.25, 0.3) is 0 Å². The van der Waals surface area contributed by atoms with E-state index >= 15 is 0 Å². The maximum absolute atomic E-state index is 13.7. The Hall–Kier alpha value is -2.58. The van der Waals surface area contributed by atoms with Crippen molar-refractivity contribution >= 4 is 39.1 Å². The fraction of sp³-hybridized carbons (Fsp3) is 0.462. The second-order valence-corrected chi connectivity index (χ2v) is 11.4. The van der Waals surface area contributed by atoms with Crippen LogP contribution in [-0.4, -0.2) is 50.0 Å². The molecule has 0 heterocycles. The van der Waals surface area contributed by atoms with E-state index in [-0.39, 0.29) is 18.5 Å². The number of carbonyl (C=O) groups excluding carboxylic acids is 2. The smallest absolute Gasteiger partial charge is 0.244 e. The molecule has 1 aliphatic carbocycles. The Labute approximate surface area is 213 Å². The molecule has 9 heteroatoms. The lowest BCUT2D eigenvalue weighted by atomic mass is 9.95. The van der Waals surface area contributed by atoms with Gasteiger partial charge >= 0.3 is 0 Å². The summed E-state index contributed by atoms with van der Waals surface area (Å²) in [6.07, 6.45) is 6.69. The number of carbonyl (C=O) groups is 2. The molecule has 1 atom stereocenters. The van der Waals surface area contributed by atoms with Crippen molar-refractivity contribution in [3.05, 3.63) is 65.2 Å². The molecule has 0 unspecified atom stereocenters. The minimum Gasteiger partial charge on any atom is -0.352 e. The van der Waals surface area contributed by atoms with Crippen molar-refractivity contribution in [1.29, 1.82) is 0 Å². The zero-order chi connectivity index (χ0) is 25.4. The average Bonchev–Trinajstić information content (AvgIpc) is 2.83. The number of hydrogen-bond acceptors (Lipinski definition) is 4. The minimum absolute atomic E-state index is 0.112. The van der Waals surface area contributed by atoms with Gasteiger partial charge in [-0.2, -0.15) is 0 Å². The van der Waals surface area contributed by atoms with E-state index < -0.39 is 28.5 Å². The van der Waals surface area contributed by atoms with Crippen LogP contribution in [0, 0.1) is 0 Å². The van der Waals surface area contributed by atoms with Gasteiger partial charge in [-0.25, -0.2) is 8.42 Å². The molecule has 1 aliphatic rings. The molecule has 0 aliphatic heterocycles. The molecular formula is C26H34ClN3O4S. The second kappa shape index (κ2) is 12.4. The van der Waals surface area contributed by atoms with E-state index in [4.69, 9.17) is 11.6 Å². The lowest BCUT2D eigenvalue weighted by Crippen LogP contribution is -2.53. The summed E-state index contributed by atoms with van der Waals surface area (Å²) in [4.78, 5) is 28.5. The number of rotatable bonds is 10. The Morgan fingerprint density at radius 1 is 1.03 bits per heavy atom. The topological polar surface area (TPSA) is 86.8 Å². The monoisotopic (exact) mass is 519 g/mol. The van der Waals surface area contributed by atoms with E-state index in [9.17, 15) is 18.0 Å². The fourth-order valence-corrected chi connectivity index (χ4v) is 5.44. The summed E-state index contributed by atoms with van der Waals surface area (Å²) in [7, 11) is -3.77. The largest absolute Gasteiger partial charge is 0.352 e. The Bertz CT molecular complexity index is 1090. The number of anilines is 1. The average molecular weight is 520 g/mol. The van der Waals surface area contributed by atoms with Crippen molar-refractivity contribution in [1.82, 2.24) is 10.2 Å². The van der Waals surface area contributed by atoms with Crippen LogP contribution in [0.3, 0.4) is 0 Å². The summed E-state index contributed by atoms with van der Waals surface area (Å²) in [5, 5.41) is 3.60. The minimum atomic E-state index is -3.77. The summed E-state index contributed by atoms with van der Waals surface area (Å²) in [5.41, 5.74) is 1.20. The summed E-state index contributed by atoms with van der Waals surface area (Å²) in [5.74, 6) is -0.638. The SMILES string of the molecule is CC[C@@H](C(=O)NC1CCCCC1)N(Cc1ccccc1)C(=O)CN(c1ccc(Cl)cc1)S(C)(=O)=O. The van der Waals surface area contributed by atoms with Gasteiger partial charge in [0, 0.05) is 17.6 Å². The van der Waals surface area contributed by atoms with E-state index in [0.717, 1.165) is 41.8 Å². The summed E-state index contributed by atoms with van der Waals surface area (Å²) >= 11 is 5.96. The molecular weight excluding hydrogens is 486 g/mol. The molecule has 0 radical (unpaired) electrons. The number of benzene rings is 2. The highest BCUT2D eigenvalue weighted by Gasteiger charge is 2.32. The molecule has 0 aromatic heterocycles.